The predicted molar refractivity (Wildman–Crippen MR) is 79.5 cm³/mol. The minimum absolute atomic E-state index is 0.589. The third kappa shape index (κ3) is 2.29. The second kappa shape index (κ2) is 5.33. The Morgan fingerprint density at radius 2 is 2.16 bits per heavy atom. The van der Waals surface area contributed by atoms with Gasteiger partial charge in [0, 0.05) is 4.88 Å². The zero-order valence-electron chi connectivity index (χ0n) is 11.3. The van der Waals surface area contributed by atoms with Gasteiger partial charge in [-0.1, -0.05) is 19.1 Å². The van der Waals surface area contributed by atoms with E-state index < -0.39 is 0 Å². The fraction of sp³-hybridized carbons (Fsp3) is 0.267. The summed E-state index contributed by atoms with van der Waals surface area (Å²) in [4.78, 5) is 1.65. The summed E-state index contributed by atoms with van der Waals surface area (Å²) < 4.78 is 5.35. The van der Waals surface area contributed by atoms with Crippen LogP contribution in [0.5, 0.6) is 5.75 Å². The van der Waals surface area contributed by atoms with Crippen molar-refractivity contribution in [1.29, 1.82) is 5.26 Å². The Kier molecular flexibility index (Phi) is 3.77. The third-order valence-electron chi connectivity index (χ3n) is 3.17. The molecule has 0 unspecified atom stereocenters. The largest absolute Gasteiger partial charge is 0.496 e. The lowest BCUT2D eigenvalue weighted by Crippen LogP contribution is -1.92. The van der Waals surface area contributed by atoms with Gasteiger partial charge in [-0.25, -0.2) is 0 Å². The maximum atomic E-state index is 9.10. The van der Waals surface area contributed by atoms with Crippen molar-refractivity contribution in [2.75, 3.05) is 12.8 Å². The lowest BCUT2D eigenvalue weighted by atomic mass is 10.0. The van der Waals surface area contributed by atoms with Crippen LogP contribution < -0.4 is 10.5 Å². The molecule has 0 spiro atoms. The van der Waals surface area contributed by atoms with Crippen molar-refractivity contribution in [2.45, 2.75) is 20.3 Å². The van der Waals surface area contributed by atoms with Crippen LogP contribution in [0.2, 0.25) is 0 Å². The average Bonchev–Trinajstić information content (AvgIpc) is 2.75. The standard InChI is InChI=1S/C15H16N2OS/c1-4-11-14(17)13(8-16)19-15(11)10-6-5-9(2)12(7-10)18-3/h5-7H,4,17H2,1-3H3. The van der Waals surface area contributed by atoms with Crippen molar-refractivity contribution in [2.24, 2.45) is 0 Å². The number of nitrogens with two attached hydrogens (primary N) is 1. The fourth-order valence-electron chi connectivity index (χ4n) is 2.11. The Morgan fingerprint density at radius 3 is 2.74 bits per heavy atom. The first-order valence-corrected chi connectivity index (χ1v) is 6.90. The fourth-order valence-corrected chi connectivity index (χ4v) is 3.21. The van der Waals surface area contributed by atoms with E-state index in [4.69, 9.17) is 15.7 Å². The molecule has 0 radical (unpaired) electrons. The molecule has 2 rings (SSSR count). The van der Waals surface area contributed by atoms with Crippen molar-refractivity contribution in [3.63, 3.8) is 0 Å². The van der Waals surface area contributed by atoms with Crippen molar-refractivity contribution in [3.8, 4) is 22.3 Å². The van der Waals surface area contributed by atoms with Gasteiger partial charge in [0.15, 0.2) is 0 Å². The highest BCUT2D eigenvalue weighted by Crippen LogP contribution is 2.40. The van der Waals surface area contributed by atoms with Gasteiger partial charge < -0.3 is 10.5 Å². The van der Waals surface area contributed by atoms with Crippen LogP contribution in [-0.2, 0) is 6.42 Å². The summed E-state index contributed by atoms with van der Waals surface area (Å²) >= 11 is 1.45. The normalized spacial score (nSPS) is 10.2. The van der Waals surface area contributed by atoms with Gasteiger partial charge in [0.05, 0.1) is 12.8 Å². The Hall–Kier alpha value is -1.99. The minimum Gasteiger partial charge on any atom is -0.496 e. The second-order valence-electron chi connectivity index (χ2n) is 4.30. The molecule has 0 atom stereocenters. The number of nitrogens with zero attached hydrogens (tertiary/aromatic N) is 1. The van der Waals surface area contributed by atoms with Gasteiger partial charge in [-0.2, -0.15) is 5.26 Å². The van der Waals surface area contributed by atoms with Crippen molar-refractivity contribution in [1.82, 2.24) is 0 Å². The van der Waals surface area contributed by atoms with Crippen molar-refractivity contribution in [3.05, 3.63) is 34.2 Å². The van der Waals surface area contributed by atoms with E-state index in [1.54, 1.807) is 7.11 Å². The number of ether oxygens (including phenoxy) is 1. The first-order chi connectivity index (χ1) is 9.12. The second-order valence-corrected chi connectivity index (χ2v) is 5.32. The number of anilines is 1. The van der Waals surface area contributed by atoms with E-state index >= 15 is 0 Å². The van der Waals surface area contributed by atoms with Crippen LogP contribution in [0.4, 0.5) is 5.69 Å². The first kappa shape index (κ1) is 13.4. The van der Waals surface area contributed by atoms with Gasteiger partial charge in [-0.3, -0.25) is 0 Å². The Morgan fingerprint density at radius 1 is 1.42 bits per heavy atom. The number of nitriles is 1. The van der Waals surface area contributed by atoms with Crippen molar-refractivity contribution >= 4 is 17.0 Å². The molecule has 0 amide bonds. The molecule has 0 aliphatic heterocycles. The maximum absolute atomic E-state index is 9.10. The molecule has 2 aromatic rings. The highest BCUT2D eigenvalue weighted by Gasteiger charge is 2.16. The average molecular weight is 272 g/mol. The van der Waals surface area contributed by atoms with E-state index in [0.717, 1.165) is 33.7 Å². The lowest BCUT2D eigenvalue weighted by Gasteiger charge is -2.08. The summed E-state index contributed by atoms with van der Waals surface area (Å²) in [7, 11) is 1.66. The molecule has 0 aliphatic carbocycles. The number of hydrogen-bond acceptors (Lipinski definition) is 4. The van der Waals surface area contributed by atoms with E-state index in [2.05, 4.69) is 13.0 Å². The SMILES string of the molecule is CCc1c(-c2ccc(C)c(OC)c2)sc(C#N)c1N. The zero-order valence-corrected chi connectivity index (χ0v) is 12.1. The van der Waals surface area contributed by atoms with Gasteiger partial charge >= 0.3 is 0 Å². The summed E-state index contributed by atoms with van der Waals surface area (Å²) in [6.45, 7) is 4.06. The van der Waals surface area contributed by atoms with Crippen LogP contribution in [-0.4, -0.2) is 7.11 Å². The minimum atomic E-state index is 0.589. The van der Waals surface area contributed by atoms with Crippen LogP contribution in [0.15, 0.2) is 18.2 Å². The number of aryl methyl sites for hydroxylation is 1. The smallest absolute Gasteiger partial charge is 0.128 e. The molecule has 0 saturated heterocycles. The molecule has 2 N–H and O–H groups in total. The van der Waals surface area contributed by atoms with Crippen LogP contribution in [0, 0.1) is 18.3 Å². The molecular weight excluding hydrogens is 256 g/mol. The van der Waals surface area contributed by atoms with E-state index in [0.29, 0.717) is 10.6 Å². The highest BCUT2D eigenvalue weighted by atomic mass is 32.1. The summed E-state index contributed by atoms with van der Waals surface area (Å²) in [6, 6.07) is 8.23. The van der Waals surface area contributed by atoms with E-state index in [1.165, 1.54) is 11.3 Å². The Labute approximate surface area is 117 Å². The molecule has 4 heteroatoms. The van der Waals surface area contributed by atoms with Gasteiger partial charge in [0.1, 0.15) is 16.7 Å². The van der Waals surface area contributed by atoms with E-state index in [1.807, 2.05) is 25.1 Å². The van der Waals surface area contributed by atoms with Crippen LogP contribution in [0.1, 0.15) is 22.9 Å². The molecule has 0 aliphatic rings. The van der Waals surface area contributed by atoms with Gasteiger partial charge in [0.2, 0.25) is 0 Å². The van der Waals surface area contributed by atoms with Crippen LogP contribution in [0.3, 0.4) is 0 Å². The number of hydrogen-bond donors (Lipinski definition) is 1. The number of thiophene rings is 1. The molecule has 0 fully saturated rings. The molecule has 3 nitrogen and oxygen atoms in total. The maximum Gasteiger partial charge on any atom is 0.128 e. The molecule has 1 heterocycles. The quantitative estimate of drug-likeness (QED) is 0.925. The van der Waals surface area contributed by atoms with E-state index in [9.17, 15) is 0 Å². The van der Waals surface area contributed by atoms with Crippen LogP contribution >= 0.6 is 11.3 Å². The molecule has 19 heavy (non-hydrogen) atoms. The highest BCUT2D eigenvalue weighted by molar-refractivity contribution is 7.16. The van der Waals surface area contributed by atoms with Gasteiger partial charge in [-0.05, 0) is 36.1 Å². The van der Waals surface area contributed by atoms with Gasteiger partial charge in [0.25, 0.3) is 0 Å². The first-order valence-electron chi connectivity index (χ1n) is 6.08. The topological polar surface area (TPSA) is 59.0 Å². The third-order valence-corrected chi connectivity index (χ3v) is 4.37. The van der Waals surface area contributed by atoms with Crippen molar-refractivity contribution < 1.29 is 4.74 Å². The Balaban J connectivity index is 2.62. The lowest BCUT2D eigenvalue weighted by molar-refractivity contribution is 0.412. The zero-order chi connectivity index (χ0) is 14.0. The molecule has 0 saturated carbocycles. The number of methoxy groups -OCH3 is 1. The molecule has 1 aromatic carbocycles. The van der Waals surface area contributed by atoms with E-state index in [-0.39, 0.29) is 0 Å². The molecule has 0 bridgehead atoms. The monoisotopic (exact) mass is 272 g/mol. The summed E-state index contributed by atoms with van der Waals surface area (Å²) in [5.74, 6) is 0.852. The van der Waals surface area contributed by atoms with Crippen LogP contribution in [0.25, 0.3) is 10.4 Å². The summed E-state index contributed by atoms with van der Waals surface area (Å²) in [6.07, 6.45) is 0.815. The molecular formula is C15H16N2OS. The number of rotatable bonds is 3. The predicted octanol–water partition coefficient (Wildman–Crippen LogP) is 3.75. The summed E-state index contributed by atoms with van der Waals surface area (Å²) in [5, 5.41) is 9.10. The number of nitrogen functional groups attached to an aromatic ring is 1. The van der Waals surface area contributed by atoms with Gasteiger partial charge in [-0.15, -0.1) is 11.3 Å². The molecule has 98 valence electrons. The number of benzene rings is 1. The Bertz CT molecular complexity index is 653. The molecule has 1 aromatic heterocycles. The summed E-state index contributed by atoms with van der Waals surface area (Å²) in [5.41, 5.74) is 9.83.